The molecule has 43 heavy (non-hydrogen) atoms. The van der Waals surface area contributed by atoms with Gasteiger partial charge in [-0.05, 0) is 0 Å². The molecule has 17 atom stereocenters. The number of rotatable bonds is 11. The van der Waals surface area contributed by atoms with Gasteiger partial charge in [0.25, 0.3) is 0 Å². The fourth-order valence-corrected chi connectivity index (χ4v) is 5.44. The van der Waals surface area contributed by atoms with Crippen LogP contribution in [0.3, 0.4) is 0 Å². The lowest BCUT2D eigenvalue weighted by Crippen LogP contribution is -2.68. The predicted octanol–water partition coefficient (Wildman–Crippen LogP) is -8.68. The summed E-state index contributed by atoms with van der Waals surface area (Å²) in [5.41, 5.74) is 0. The van der Waals surface area contributed by atoms with Crippen molar-refractivity contribution in [3.05, 3.63) is 0 Å². The number of aliphatic hydroxyl groups is 12. The van der Waals surface area contributed by atoms with Gasteiger partial charge in [0, 0.05) is 19.8 Å². The van der Waals surface area contributed by atoms with Crippen molar-refractivity contribution in [3.8, 4) is 0 Å². The minimum atomic E-state index is -2.48. The average molecular weight is 635 g/mol. The predicted molar refractivity (Wildman–Crippen MR) is 132 cm³/mol. The average Bonchev–Trinajstić information content (AvgIpc) is 2.96. The number of hydrogen-bond acceptors (Lipinski definition) is 19. The molecule has 3 heterocycles. The summed E-state index contributed by atoms with van der Waals surface area (Å²) >= 11 is 0. The Kier molecular flexibility index (Phi) is 12.5. The minimum Gasteiger partial charge on any atom is -0.394 e. The quantitative estimate of drug-likeness (QED) is 0.0938. The van der Waals surface area contributed by atoms with Crippen molar-refractivity contribution in [1.82, 2.24) is 5.32 Å². The molecule has 15 N–H and O–H groups in total. The fourth-order valence-electron chi connectivity index (χ4n) is 5.44. The summed E-state index contributed by atoms with van der Waals surface area (Å²) in [5, 5.41) is 125. The number of hydrogen-bond donors (Lipinski definition) is 14. The van der Waals surface area contributed by atoms with Crippen molar-refractivity contribution >= 4 is 5.91 Å². The standard InChI is InChI=1S/C23H42N2O18/c1-6(28)25-11-7(29)2-23(38,42-20(11)12(31)8(30)4-26)3-9(43-24)18-14(33)13(32)17(36)22(40-18)41-19-10(5-27)39-21(37)16(35)15(19)34/h7-22,26-27,29-38H,2-5,24H2,1H3,(H,25,28)/t7-,8+,9?,10+,11+,12+,13-,14+,15+,16+,17+,18+,19+,20+,21-,22-,23-/m0/s1. The topological polar surface area (TPSA) is 344 Å². The summed E-state index contributed by atoms with van der Waals surface area (Å²) in [6.07, 6.45) is -28.6. The van der Waals surface area contributed by atoms with Crippen molar-refractivity contribution in [2.24, 2.45) is 5.90 Å². The van der Waals surface area contributed by atoms with Crippen molar-refractivity contribution in [2.75, 3.05) is 13.2 Å². The molecule has 1 unspecified atom stereocenters. The molecule has 3 fully saturated rings. The fraction of sp³-hybridized carbons (Fsp3) is 0.957. The second kappa shape index (κ2) is 14.9. The van der Waals surface area contributed by atoms with Gasteiger partial charge in [0.1, 0.15) is 73.2 Å². The van der Waals surface area contributed by atoms with Crippen LogP contribution in [-0.2, 0) is 28.6 Å². The van der Waals surface area contributed by atoms with Crippen LogP contribution >= 0.6 is 0 Å². The largest absolute Gasteiger partial charge is 0.394 e. The molecule has 0 aromatic carbocycles. The van der Waals surface area contributed by atoms with Crippen LogP contribution < -0.4 is 11.2 Å². The van der Waals surface area contributed by atoms with Gasteiger partial charge in [-0.2, -0.15) is 0 Å². The van der Waals surface area contributed by atoms with Crippen LogP contribution in [0.5, 0.6) is 0 Å². The Labute approximate surface area is 244 Å². The second-order valence-electron chi connectivity index (χ2n) is 10.9. The van der Waals surface area contributed by atoms with Gasteiger partial charge in [-0.3, -0.25) is 9.63 Å². The van der Waals surface area contributed by atoms with E-state index < -0.39 is 136 Å². The third-order valence-corrected chi connectivity index (χ3v) is 7.74. The third kappa shape index (κ3) is 7.95. The van der Waals surface area contributed by atoms with Crippen molar-refractivity contribution in [2.45, 2.75) is 124 Å². The van der Waals surface area contributed by atoms with E-state index in [4.69, 9.17) is 29.7 Å². The van der Waals surface area contributed by atoms with E-state index in [1.54, 1.807) is 0 Å². The summed E-state index contributed by atoms with van der Waals surface area (Å²) in [6.45, 7) is -0.683. The van der Waals surface area contributed by atoms with Crippen LogP contribution in [0.1, 0.15) is 19.8 Å². The van der Waals surface area contributed by atoms with E-state index in [-0.39, 0.29) is 0 Å². The molecule has 20 heteroatoms. The summed E-state index contributed by atoms with van der Waals surface area (Å²) < 4.78 is 21.6. The molecule has 0 aromatic heterocycles. The normalized spacial score (nSPS) is 46.1. The van der Waals surface area contributed by atoms with Crippen LogP contribution in [0.15, 0.2) is 0 Å². The molecule has 0 spiro atoms. The zero-order valence-corrected chi connectivity index (χ0v) is 23.0. The van der Waals surface area contributed by atoms with E-state index in [2.05, 4.69) is 5.32 Å². The summed E-state index contributed by atoms with van der Waals surface area (Å²) in [7, 11) is 0. The molecule has 252 valence electrons. The van der Waals surface area contributed by atoms with Gasteiger partial charge < -0.3 is 85.5 Å². The molecule has 0 aromatic rings. The Morgan fingerprint density at radius 3 is 2.19 bits per heavy atom. The molecule has 0 radical (unpaired) electrons. The zero-order valence-electron chi connectivity index (χ0n) is 23.0. The smallest absolute Gasteiger partial charge is 0.217 e. The molecule has 20 nitrogen and oxygen atoms in total. The highest BCUT2D eigenvalue weighted by molar-refractivity contribution is 5.73. The third-order valence-electron chi connectivity index (χ3n) is 7.74. The maximum Gasteiger partial charge on any atom is 0.217 e. The first-order valence-corrected chi connectivity index (χ1v) is 13.4. The lowest BCUT2D eigenvalue weighted by molar-refractivity contribution is -0.366. The Bertz CT molecular complexity index is 904. The number of nitrogens with one attached hydrogen (secondary N) is 1. The molecule has 0 saturated carbocycles. The van der Waals surface area contributed by atoms with Gasteiger partial charge in [0.2, 0.25) is 5.91 Å². The van der Waals surface area contributed by atoms with Crippen LogP contribution in [0, 0.1) is 0 Å². The molecule has 0 aliphatic carbocycles. The SMILES string of the molecule is CC(=O)N[C@H]1[C@H]([C@H](O)[C@H](O)CO)O[C@](O)(CC(ON)[C@H]2O[C@@H](O[C@H]3[C@H](O)[C@@H](O)[C@@H](O)O[C@@H]3CO)[C@H](O)[C@@H](O)[C@H]2O)C[C@@H]1O. The molecule has 3 aliphatic rings. The van der Waals surface area contributed by atoms with E-state index in [1.807, 2.05) is 0 Å². The van der Waals surface area contributed by atoms with Crippen molar-refractivity contribution < 1.29 is 89.9 Å². The first kappa shape index (κ1) is 36.2. The molecule has 1 amide bonds. The lowest BCUT2D eigenvalue weighted by atomic mass is 9.85. The van der Waals surface area contributed by atoms with E-state index in [1.165, 1.54) is 0 Å². The number of aliphatic hydroxyl groups excluding tert-OH is 11. The second-order valence-corrected chi connectivity index (χ2v) is 10.9. The zero-order chi connectivity index (χ0) is 32.4. The van der Waals surface area contributed by atoms with Crippen molar-refractivity contribution in [3.63, 3.8) is 0 Å². The molecule has 0 bridgehead atoms. The van der Waals surface area contributed by atoms with Crippen LogP contribution in [-0.4, -0.2) is 184 Å². The number of carbonyl (C=O) groups excluding carboxylic acids is 1. The summed E-state index contributed by atoms with van der Waals surface area (Å²) in [5.74, 6) is 2.27. The molecule has 3 saturated heterocycles. The van der Waals surface area contributed by atoms with Crippen LogP contribution in [0.2, 0.25) is 0 Å². The van der Waals surface area contributed by atoms with E-state index in [0.29, 0.717) is 0 Å². The number of nitrogens with two attached hydrogens (primary N) is 1. The van der Waals surface area contributed by atoms with Crippen LogP contribution in [0.4, 0.5) is 0 Å². The maximum absolute atomic E-state index is 11.7. The number of ether oxygens (including phenoxy) is 4. The molecular formula is C23H42N2O18. The molecule has 3 aliphatic heterocycles. The first-order valence-electron chi connectivity index (χ1n) is 13.4. The van der Waals surface area contributed by atoms with Gasteiger partial charge >= 0.3 is 0 Å². The lowest BCUT2D eigenvalue weighted by Gasteiger charge is -2.49. The summed E-state index contributed by atoms with van der Waals surface area (Å²) in [6, 6.07) is -1.37. The first-order chi connectivity index (χ1) is 20.1. The highest BCUT2D eigenvalue weighted by Gasteiger charge is 2.55. The highest BCUT2D eigenvalue weighted by Crippen LogP contribution is 2.37. The van der Waals surface area contributed by atoms with Gasteiger partial charge in [0.05, 0.1) is 25.4 Å². The van der Waals surface area contributed by atoms with Gasteiger partial charge in [0.15, 0.2) is 18.4 Å². The Morgan fingerprint density at radius 1 is 0.977 bits per heavy atom. The van der Waals surface area contributed by atoms with Crippen LogP contribution in [0.25, 0.3) is 0 Å². The monoisotopic (exact) mass is 634 g/mol. The number of carbonyl (C=O) groups is 1. The van der Waals surface area contributed by atoms with Gasteiger partial charge in [-0.15, -0.1) is 0 Å². The Hall–Kier alpha value is -1.25. The Balaban J connectivity index is 1.83. The van der Waals surface area contributed by atoms with Gasteiger partial charge in [-0.25, -0.2) is 5.90 Å². The van der Waals surface area contributed by atoms with Gasteiger partial charge in [-0.1, -0.05) is 0 Å². The Morgan fingerprint density at radius 2 is 1.63 bits per heavy atom. The number of amides is 1. The van der Waals surface area contributed by atoms with E-state index >= 15 is 0 Å². The van der Waals surface area contributed by atoms with E-state index in [0.717, 1.165) is 6.92 Å². The van der Waals surface area contributed by atoms with Crippen molar-refractivity contribution in [1.29, 1.82) is 0 Å². The molecular weight excluding hydrogens is 592 g/mol. The molecule has 3 rings (SSSR count). The summed E-state index contributed by atoms with van der Waals surface area (Å²) in [4.78, 5) is 16.6. The maximum atomic E-state index is 11.7. The van der Waals surface area contributed by atoms with E-state index in [9.17, 15) is 66.1 Å². The highest BCUT2D eigenvalue weighted by atomic mass is 16.7. The minimum absolute atomic E-state index is 0.659.